The Morgan fingerprint density at radius 1 is 1.15 bits per heavy atom. The Morgan fingerprint density at radius 3 is 2.75 bits per heavy atom. The molecule has 0 fully saturated rings. The van der Waals surface area contributed by atoms with E-state index in [4.69, 9.17) is 0 Å². The average Bonchev–Trinajstić information content (AvgIpc) is 3.01. The van der Waals surface area contributed by atoms with Crippen LogP contribution in [0.2, 0.25) is 0 Å². The molecule has 0 radical (unpaired) electrons. The highest BCUT2D eigenvalue weighted by Crippen LogP contribution is 2.13. The van der Waals surface area contributed by atoms with Crippen LogP contribution in [0.1, 0.15) is 11.1 Å². The Hall–Kier alpha value is -2.62. The first-order valence-electron chi connectivity index (χ1n) is 6.56. The number of rotatable bonds is 4. The standard InChI is InChI=1S/C16H16N4/c1-13-4-2-3-5-14(13)10-18-15-6-7-16(19-11-15)20-9-8-17-12-20/h2-9,11-12,18H,10H2,1H3. The number of nitrogens with zero attached hydrogens (tertiary/aromatic N) is 3. The van der Waals surface area contributed by atoms with Crippen molar-refractivity contribution < 1.29 is 0 Å². The summed E-state index contributed by atoms with van der Waals surface area (Å²) in [5, 5.41) is 3.39. The Labute approximate surface area is 118 Å². The van der Waals surface area contributed by atoms with Crippen molar-refractivity contribution in [3.63, 3.8) is 0 Å². The fraction of sp³-hybridized carbons (Fsp3) is 0.125. The van der Waals surface area contributed by atoms with Crippen LogP contribution in [-0.2, 0) is 6.54 Å². The maximum Gasteiger partial charge on any atom is 0.137 e. The molecule has 0 atom stereocenters. The van der Waals surface area contributed by atoms with Crippen LogP contribution in [0.3, 0.4) is 0 Å². The SMILES string of the molecule is Cc1ccccc1CNc1ccc(-n2ccnc2)nc1. The first-order chi connectivity index (χ1) is 9.83. The van der Waals surface area contributed by atoms with Gasteiger partial charge in [0, 0.05) is 18.9 Å². The van der Waals surface area contributed by atoms with Crippen LogP contribution < -0.4 is 5.32 Å². The Bertz CT molecular complexity index is 672. The summed E-state index contributed by atoms with van der Waals surface area (Å²) >= 11 is 0. The summed E-state index contributed by atoms with van der Waals surface area (Å²) < 4.78 is 1.88. The van der Waals surface area contributed by atoms with Gasteiger partial charge in [-0.05, 0) is 30.2 Å². The van der Waals surface area contributed by atoms with Crippen LogP contribution in [0.25, 0.3) is 5.82 Å². The Morgan fingerprint density at radius 2 is 2.05 bits per heavy atom. The van der Waals surface area contributed by atoms with Crippen LogP contribution in [0.5, 0.6) is 0 Å². The number of hydrogen-bond donors (Lipinski definition) is 1. The van der Waals surface area contributed by atoms with Crippen LogP contribution in [0.4, 0.5) is 5.69 Å². The topological polar surface area (TPSA) is 42.7 Å². The molecule has 100 valence electrons. The van der Waals surface area contributed by atoms with Gasteiger partial charge in [0.15, 0.2) is 0 Å². The van der Waals surface area contributed by atoms with Crippen molar-refractivity contribution in [1.29, 1.82) is 0 Å². The summed E-state index contributed by atoms with van der Waals surface area (Å²) in [6.07, 6.45) is 7.20. The number of hydrogen-bond acceptors (Lipinski definition) is 3. The minimum atomic E-state index is 0.804. The van der Waals surface area contributed by atoms with E-state index < -0.39 is 0 Å². The maximum absolute atomic E-state index is 4.42. The van der Waals surface area contributed by atoms with Gasteiger partial charge in [-0.25, -0.2) is 9.97 Å². The molecule has 0 saturated carbocycles. The third-order valence-electron chi connectivity index (χ3n) is 3.26. The summed E-state index contributed by atoms with van der Waals surface area (Å²) in [6.45, 7) is 2.93. The molecule has 4 nitrogen and oxygen atoms in total. The fourth-order valence-corrected chi connectivity index (χ4v) is 2.04. The number of benzene rings is 1. The lowest BCUT2D eigenvalue weighted by molar-refractivity contribution is 0.990. The molecule has 0 saturated heterocycles. The minimum absolute atomic E-state index is 0.804. The number of pyridine rings is 1. The highest BCUT2D eigenvalue weighted by atomic mass is 15.1. The molecule has 1 aromatic carbocycles. The number of nitrogens with one attached hydrogen (secondary N) is 1. The highest BCUT2D eigenvalue weighted by Gasteiger charge is 1.99. The zero-order chi connectivity index (χ0) is 13.8. The van der Waals surface area contributed by atoms with E-state index in [0.717, 1.165) is 18.1 Å². The van der Waals surface area contributed by atoms with Crippen molar-refractivity contribution in [2.45, 2.75) is 13.5 Å². The zero-order valence-corrected chi connectivity index (χ0v) is 11.3. The van der Waals surface area contributed by atoms with E-state index in [1.165, 1.54) is 11.1 Å². The van der Waals surface area contributed by atoms with Gasteiger partial charge in [0.05, 0.1) is 11.9 Å². The summed E-state index contributed by atoms with van der Waals surface area (Å²) in [4.78, 5) is 8.43. The monoisotopic (exact) mass is 264 g/mol. The number of imidazole rings is 1. The predicted octanol–water partition coefficient (Wildman–Crippen LogP) is 3.19. The minimum Gasteiger partial charge on any atom is -0.380 e. The molecule has 4 heteroatoms. The quantitative estimate of drug-likeness (QED) is 0.787. The molecule has 3 rings (SSSR count). The molecule has 0 unspecified atom stereocenters. The lowest BCUT2D eigenvalue weighted by atomic mass is 10.1. The second-order valence-electron chi connectivity index (χ2n) is 4.66. The molecular weight excluding hydrogens is 248 g/mol. The molecule has 0 aliphatic rings. The number of anilines is 1. The maximum atomic E-state index is 4.42. The molecule has 0 amide bonds. The van der Waals surface area contributed by atoms with Crippen molar-refractivity contribution in [2.75, 3.05) is 5.32 Å². The first-order valence-corrected chi connectivity index (χ1v) is 6.56. The molecule has 0 bridgehead atoms. The molecular formula is C16H16N4. The van der Waals surface area contributed by atoms with E-state index in [9.17, 15) is 0 Å². The number of aromatic nitrogens is 3. The summed E-state index contributed by atoms with van der Waals surface area (Å²) in [6, 6.07) is 12.4. The smallest absolute Gasteiger partial charge is 0.137 e. The molecule has 2 heterocycles. The van der Waals surface area contributed by atoms with E-state index in [1.807, 2.05) is 29.1 Å². The normalized spacial score (nSPS) is 10.4. The molecule has 0 spiro atoms. The van der Waals surface area contributed by atoms with Crippen molar-refractivity contribution in [3.05, 3.63) is 72.4 Å². The van der Waals surface area contributed by atoms with Gasteiger partial charge >= 0.3 is 0 Å². The van der Waals surface area contributed by atoms with Crippen LogP contribution >= 0.6 is 0 Å². The highest BCUT2D eigenvalue weighted by molar-refractivity contribution is 5.44. The predicted molar refractivity (Wildman–Crippen MR) is 79.9 cm³/mol. The summed E-state index contributed by atoms with van der Waals surface area (Å²) in [5.74, 6) is 0.865. The zero-order valence-electron chi connectivity index (χ0n) is 11.3. The van der Waals surface area contributed by atoms with Gasteiger partial charge in [-0.15, -0.1) is 0 Å². The van der Waals surface area contributed by atoms with E-state index in [2.05, 4.69) is 46.5 Å². The largest absolute Gasteiger partial charge is 0.380 e. The van der Waals surface area contributed by atoms with Gasteiger partial charge < -0.3 is 5.32 Å². The van der Waals surface area contributed by atoms with E-state index in [0.29, 0.717) is 0 Å². The fourth-order valence-electron chi connectivity index (χ4n) is 2.04. The summed E-state index contributed by atoms with van der Waals surface area (Å²) in [7, 11) is 0. The van der Waals surface area contributed by atoms with Crippen molar-refractivity contribution in [2.24, 2.45) is 0 Å². The van der Waals surface area contributed by atoms with Crippen molar-refractivity contribution in [1.82, 2.24) is 14.5 Å². The number of aryl methyl sites for hydroxylation is 1. The molecule has 20 heavy (non-hydrogen) atoms. The van der Waals surface area contributed by atoms with Crippen LogP contribution in [0.15, 0.2) is 61.3 Å². The second-order valence-corrected chi connectivity index (χ2v) is 4.66. The lowest BCUT2D eigenvalue weighted by Crippen LogP contribution is -2.02. The van der Waals surface area contributed by atoms with Gasteiger partial charge in [-0.3, -0.25) is 4.57 Å². The van der Waals surface area contributed by atoms with Gasteiger partial charge in [0.25, 0.3) is 0 Å². The second kappa shape index (κ2) is 5.57. The van der Waals surface area contributed by atoms with Gasteiger partial charge in [0.2, 0.25) is 0 Å². The average molecular weight is 264 g/mol. The molecule has 0 aliphatic carbocycles. The van der Waals surface area contributed by atoms with Crippen molar-refractivity contribution >= 4 is 5.69 Å². The van der Waals surface area contributed by atoms with Gasteiger partial charge in [-0.1, -0.05) is 24.3 Å². The third-order valence-corrected chi connectivity index (χ3v) is 3.26. The molecule has 1 N–H and O–H groups in total. The van der Waals surface area contributed by atoms with E-state index in [-0.39, 0.29) is 0 Å². The van der Waals surface area contributed by atoms with Crippen LogP contribution in [-0.4, -0.2) is 14.5 Å². The Balaban J connectivity index is 1.68. The van der Waals surface area contributed by atoms with Gasteiger partial charge in [0.1, 0.15) is 12.1 Å². The summed E-state index contributed by atoms with van der Waals surface area (Å²) in [5.41, 5.74) is 3.60. The Kier molecular flexibility index (Phi) is 3.46. The lowest BCUT2D eigenvalue weighted by Gasteiger charge is -2.09. The van der Waals surface area contributed by atoms with Gasteiger partial charge in [-0.2, -0.15) is 0 Å². The molecule has 0 aliphatic heterocycles. The van der Waals surface area contributed by atoms with Crippen molar-refractivity contribution in [3.8, 4) is 5.82 Å². The van der Waals surface area contributed by atoms with Crippen LogP contribution in [0, 0.1) is 6.92 Å². The van der Waals surface area contributed by atoms with E-state index >= 15 is 0 Å². The van der Waals surface area contributed by atoms with E-state index in [1.54, 1.807) is 12.5 Å². The molecule has 3 aromatic rings. The third kappa shape index (κ3) is 2.69. The molecule has 2 aromatic heterocycles. The first kappa shape index (κ1) is 12.4.